The lowest BCUT2D eigenvalue weighted by molar-refractivity contribution is -0.147. The summed E-state index contributed by atoms with van der Waals surface area (Å²) in [7, 11) is 3.62. The van der Waals surface area contributed by atoms with Gasteiger partial charge in [-0.2, -0.15) is 0 Å². The van der Waals surface area contributed by atoms with Crippen LogP contribution in [0.3, 0.4) is 0 Å². The maximum absolute atomic E-state index is 11.7. The summed E-state index contributed by atoms with van der Waals surface area (Å²) in [5, 5.41) is 0. The number of hydrogen-bond acceptors (Lipinski definition) is 4. The minimum Gasteiger partial charge on any atom is -0.468 e. The number of rotatable bonds is 3. The molecule has 0 aromatic carbocycles. The Morgan fingerprint density at radius 2 is 1.89 bits per heavy atom. The van der Waals surface area contributed by atoms with E-state index in [1.165, 1.54) is 39.2 Å². The van der Waals surface area contributed by atoms with Gasteiger partial charge in [-0.1, -0.05) is 19.3 Å². The SMILES string of the molecule is COC(=O)C1(N)CCC(N(C)C2CCCCC2)C1. The van der Waals surface area contributed by atoms with Gasteiger partial charge in [0.1, 0.15) is 5.54 Å². The van der Waals surface area contributed by atoms with E-state index in [0.717, 1.165) is 19.3 Å². The van der Waals surface area contributed by atoms with Crippen molar-refractivity contribution in [1.82, 2.24) is 4.90 Å². The molecular formula is C14H26N2O2. The molecule has 0 bridgehead atoms. The van der Waals surface area contributed by atoms with E-state index in [0.29, 0.717) is 12.1 Å². The fourth-order valence-electron chi connectivity index (χ4n) is 3.57. The first-order valence-electron chi connectivity index (χ1n) is 7.16. The predicted molar refractivity (Wildman–Crippen MR) is 71.2 cm³/mol. The summed E-state index contributed by atoms with van der Waals surface area (Å²) in [5.41, 5.74) is 5.42. The molecule has 2 atom stereocenters. The van der Waals surface area contributed by atoms with E-state index in [4.69, 9.17) is 10.5 Å². The zero-order valence-electron chi connectivity index (χ0n) is 11.7. The first kappa shape index (κ1) is 13.8. The molecule has 2 rings (SSSR count). The van der Waals surface area contributed by atoms with Crippen molar-refractivity contribution in [3.05, 3.63) is 0 Å². The molecule has 18 heavy (non-hydrogen) atoms. The van der Waals surface area contributed by atoms with Gasteiger partial charge in [-0.25, -0.2) is 0 Å². The first-order valence-corrected chi connectivity index (χ1v) is 7.16. The minimum absolute atomic E-state index is 0.248. The molecule has 0 aromatic heterocycles. The van der Waals surface area contributed by atoms with Gasteiger partial charge in [0.15, 0.2) is 0 Å². The number of hydrogen-bond donors (Lipinski definition) is 1. The van der Waals surface area contributed by atoms with Crippen molar-refractivity contribution in [2.75, 3.05) is 14.2 Å². The minimum atomic E-state index is -0.748. The average molecular weight is 254 g/mol. The average Bonchev–Trinajstić information content (AvgIpc) is 2.82. The van der Waals surface area contributed by atoms with Crippen LogP contribution in [0.1, 0.15) is 51.4 Å². The van der Waals surface area contributed by atoms with Crippen LogP contribution in [0.5, 0.6) is 0 Å². The van der Waals surface area contributed by atoms with Gasteiger partial charge in [0.2, 0.25) is 0 Å². The van der Waals surface area contributed by atoms with Gasteiger partial charge < -0.3 is 15.4 Å². The highest BCUT2D eigenvalue weighted by molar-refractivity contribution is 5.81. The molecule has 2 unspecified atom stereocenters. The van der Waals surface area contributed by atoms with Crippen LogP contribution in [0, 0.1) is 0 Å². The standard InChI is InChI=1S/C14H26N2O2/c1-16(11-6-4-3-5-7-11)12-8-9-14(15,10-12)13(17)18-2/h11-12H,3-10,15H2,1-2H3. The monoisotopic (exact) mass is 254 g/mol. The Bertz CT molecular complexity index is 302. The molecule has 4 nitrogen and oxygen atoms in total. The van der Waals surface area contributed by atoms with Crippen molar-refractivity contribution >= 4 is 5.97 Å². The number of nitrogens with zero attached hydrogens (tertiary/aromatic N) is 1. The molecule has 0 amide bonds. The molecule has 0 aromatic rings. The van der Waals surface area contributed by atoms with Gasteiger partial charge in [0, 0.05) is 12.1 Å². The zero-order valence-corrected chi connectivity index (χ0v) is 11.7. The predicted octanol–water partition coefficient (Wildman–Crippen LogP) is 1.67. The fraction of sp³-hybridized carbons (Fsp3) is 0.929. The highest BCUT2D eigenvalue weighted by Gasteiger charge is 2.45. The van der Waals surface area contributed by atoms with Crippen LogP contribution < -0.4 is 5.73 Å². The van der Waals surface area contributed by atoms with E-state index < -0.39 is 5.54 Å². The van der Waals surface area contributed by atoms with Crippen LogP contribution >= 0.6 is 0 Å². The lowest BCUT2D eigenvalue weighted by Crippen LogP contribution is -2.48. The zero-order chi connectivity index (χ0) is 13.2. The van der Waals surface area contributed by atoms with Gasteiger partial charge in [-0.05, 0) is 39.2 Å². The summed E-state index contributed by atoms with van der Waals surface area (Å²) >= 11 is 0. The number of carbonyl (C=O) groups excluding carboxylic acids is 1. The van der Waals surface area contributed by atoms with Crippen LogP contribution in [-0.4, -0.2) is 42.6 Å². The first-order chi connectivity index (χ1) is 8.57. The Balaban J connectivity index is 1.93. The lowest BCUT2D eigenvalue weighted by atomic mass is 9.93. The summed E-state index contributed by atoms with van der Waals surface area (Å²) in [4.78, 5) is 14.2. The van der Waals surface area contributed by atoms with Crippen LogP contribution in [0.25, 0.3) is 0 Å². The molecule has 0 heterocycles. The van der Waals surface area contributed by atoms with Gasteiger partial charge in [-0.15, -0.1) is 0 Å². The highest BCUT2D eigenvalue weighted by Crippen LogP contribution is 2.34. The van der Waals surface area contributed by atoms with E-state index in [1.807, 2.05) is 0 Å². The van der Waals surface area contributed by atoms with Crippen LogP contribution in [0.4, 0.5) is 0 Å². The van der Waals surface area contributed by atoms with E-state index in [9.17, 15) is 4.79 Å². The molecule has 0 spiro atoms. The van der Waals surface area contributed by atoms with Crippen molar-refractivity contribution < 1.29 is 9.53 Å². The van der Waals surface area contributed by atoms with E-state index >= 15 is 0 Å². The summed E-state index contributed by atoms with van der Waals surface area (Å²) in [6.45, 7) is 0. The molecule has 2 aliphatic carbocycles. The van der Waals surface area contributed by atoms with Crippen molar-refractivity contribution in [2.45, 2.75) is 69.0 Å². The number of methoxy groups -OCH3 is 1. The molecule has 2 aliphatic rings. The van der Waals surface area contributed by atoms with Gasteiger partial charge in [0.25, 0.3) is 0 Å². The third-order valence-corrected chi connectivity index (χ3v) is 4.84. The molecule has 2 fully saturated rings. The van der Waals surface area contributed by atoms with Crippen LogP contribution in [0.15, 0.2) is 0 Å². The quantitative estimate of drug-likeness (QED) is 0.778. The number of carbonyl (C=O) groups is 1. The normalized spacial score (nSPS) is 33.9. The number of ether oxygens (including phenoxy) is 1. The number of nitrogens with two attached hydrogens (primary N) is 1. The molecule has 0 radical (unpaired) electrons. The fourth-order valence-corrected chi connectivity index (χ4v) is 3.57. The van der Waals surface area contributed by atoms with Crippen molar-refractivity contribution in [3.63, 3.8) is 0 Å². The second kappa shape index (κ2) is 5.57. The van der Waals surface area contributed by atoms with Crippen molar-refractivity contribution in [2.24, 2.45) is 5.73 Å². The summed E-state index contributed by atoms with van der Waals surface area (Å²) < 4.78 is 4.83. The molecule has 4 heteroatoms. The van der Waals surface area contributed by atoms with Crippen LogP contribution in [-0.2, 0) is 9.53 Å². The Hall–Kier alpha value is -0.610. The highest BCUT2D eigenvalue weighted by atomic mass is 16.5. The third-order valence-electron chi connectivity index (χ3n) is 4.84. The van der Waals surface area contributed by atoms with E-state index in [1.54, 1.807) is 0 Å². The maximum Gasteiger partial charge on any atom is 0.325 e. The third kappa shape index (κ3) is 2.69. The lowest BCUT2D eigenvalue weighted by Gasteiger charge is -2.36. The Morgan fingerprint density at radius 3 is 2.50 bits per heavy atom. The Kier molecular flexibility index (Phi) is 4.28. The molecule has 104 valence electrons. The second-order valence-electron chi connectivity index (χ2n) is 6.00. The summed E-state index contributed by atoms with van der Waals surface area (Å²) in [6.07, 6.45) is 9.15. The molecular weight excluding hydrogens is 228 g/mol. The van der Waals surface area contributed by atoms with E-state index in [2.05, 4.69) is 11.9 Å². The second-order valence-corrected chi connectivity index (χ2v) is 6.00. The maximum atomic E-state index is 11.7. The molecule has 2 saturated carbocycles. The van der Waals surface area contributed by atoms with Gasteiger partial charge in [-0.3, -0.25) is 4.79 Å². The smallest absolute Gasteiger partial charge is 0.325 e. The molecule has 0 saturated heterocycles. The Labute approximate surface area is 110 Å². The summed E-state index contributed by atoms with van der Waals surface area (Å²) in [5.74, 6) is -0.248. The molecule has 0 aliphatic heterocycles. The van der Waals surface area contributed by atoms with Gasteiger partial charge >= 0.3 is 5.97 Å². The van der Waals surface area contributed by atoms with E-state index in [-0.39, 0.29) is 5.97 Å². The van der Waals surface area contributed by atoms with Gasteiger partial charge in [0.05, 0.1) is 7.11 Å². The summed E-state index contributed by atoms with van der Waals surface area (Å²) in [6, 6.07) is 1.13. The Morgan fingerprint density at radius 1 is 1.22 bits per heavy atom. The molecule has 2 N–H and O–H groups in total. The largest absolute Gasteiger partial charge is 0.468 e. The topological polar surface area (TPSA) is 55.6 Å². The van der Waals surface area contributed by atoms with Crippen LogP contribution in [0.2, 0.25) is 0 Å². The van der Waals surface area contributed by atoms with Crippen molar-refractivity contribution in [3.8, 4) is 0 Å². The number of esters is 1. The van der Waals surface area contributed by atoms with Crippen molar-refractivity contribution in [1.29, 1.82) is 0 Å².